The highest BCUT2D eigenvalue weighted by Gasteiger charge is 2.52. The maximum atomic E-state index is 2.71. The Hall–Kier alpha value is -1.60. The molecule has 0 aliphatic carbocycles. The van der Waals surface area contributed by atoms with Crippen molar-refractivity contribution in [2.75, 3.05) is 0 Å². The van der Waals surface area contributed by atoms with Crippen LogP contribution in [0.1, 0.15) is 49.1 Å². The molecule has 0 N–H and O–H groups in total. The van der Waals surface area contributed by atoms with Crippen molar-refractivity contribution in [2.24, 2.45) is 0 Å². The number of fused-ring (bicyclic) bond motifs is 7. The van der Waals surface area contributed by atoms with Gasteiger partial charge in [-0.25, -0.2) is 0 Å². The Morgan fingerprint density at radius 2 is 1.65 bits per heavy atom. The summed E-state index contributed by atoms with van der Waals surface area (Å²) in [5, 5.41) is 0. The molecule has 0 saturated carbocycles. The first kappa shape index (κ1) is 12.2. The van der Waals surface area contributed by atoms with E-state index in [0.29, 0.717) is 12.1 Å². The minimum Gasteiger partial charge on any atom is -0.280 e. The molecule has 2 heterocycles. The van der Waals surface area contributed by atoms with Crippen molar-refractivity contribution in [2.45, 2.75) is 44.8 Å². The van der Waals surface area contributed by atoms with E-state index in [4.69, 9.17) is 0 Å². The van der Waals surface area contributed by atoms with E-state index in [1.165, 1.54) is 22.3 Å². The summed E-state index contributed by atoms with van der Waals surface area (Å²) in [6.07, 6.45) is 1.14. The van der Waals surface area contributed by atoms with Gasteiger partial charge >= 0.3 is 0 Å². The summed E-state index contributed by atoms with van der Waals surface area (Å²) in [7, 11) is 0. The van der Waals surface area contributed by atoms with Gasteiger partial charge in [-0.15, -0.1) is 0 Å². The monoisotopic (exact) mass is 263 g/mol. The van der Waals surface area contributed by atoms with Crippen molar-refractivity contribution in [3.8, 4) is 0 Å². The largest absolute Gasteiger partial charge is 0.280 e. The van der Waals surface area contributed by atoms with Gasteiger partial charge in [0, 0.05) is 12.1 Å². The van der Waals surface area contributed by atoms with Crippen LogP contribution in [-0.2, 0) is 12.0 Å². The average molecular weight is 263 g/mol. The van der Waals surface area contributed by atoms with E-state index in [1.54, 1.807) is 0 Å². The lowest BCUT2D eigenvalue weighted by atomic mass is 9.80. The van der Waals surface area contributed by atoms with E-state index in [-0.39, 0.29) is 5.54 Å². The second-order valence-electron chi connectivity index (χ2n) is 6.54. The zero-order valence-electron chi connectivity index (χ0n) is 12.4. The van der Waals surface area contributed by atoms with Gasteiger partial charge in [0.1, 0.15) is 0 Å². The molecule has 20 heavy (non-hydrogen) atoms. The van der Waals surface area contributed by atoms with E-state index >= 15 is 0 Å². The Labute approximate surface area is 121 Å². The SMILES string of the molecule is CC(C)N1C2Cc3ccccc3C1(C)c1ccccc12. The van der Waals surface area contributed by atoms with Crippen molar-refractivity contribution in [1.29, 1.82) is 0 Å². The van der Waals surface area contributed by atoms with Crippen LogP contribution in [0.25, 0.3) is 0 Å². The summed E-state index contributed by atoms with van der Waals surface area (Å²) in [6, 6.07) is 19.1. The summed E-state index contributed by atoms with van der Waals surface area (Å²) in [5.41, 5.74) is 6.08. The summed E-state index contributed by atoms with van der Waals surface area (Å²) < 4.78 is 0. The van der Waals surface area contributed by atoms with Crippen molar-refractivity contribution < 1.29 is 0 Å². The molecule has 2 aliphatic heterocycles. The maximum absolute atomic E-state index is 2.71. The molecule has 2 aliphatic rings. The molecule has 0 radical (unpaired) electrons. The predicted molar refractivity (Wildman–Crippen MR) is 82.8 cm³/mol. The normalized spacial score (nSPS) is 27.5. The molecule has 2 bridgehead atoms. The van der Waals surface area contributed by atoms with Gasteiger partial charge in [0.05, 0.1) is 5.54 Å². The second kappa shape index (κ2) is 3.95. The first-order valence-electron chi connectivity index (χ1n) is 7.60. The molecule has 2 atom stereocenters. The van der Waals surface area contributed by atoms with Gasteiger partial charge in [0.2, 0.25) is 0 Å². The highest BCUT2D eigenvalue weighted by atomic mass is 15.3. The fraction of sp³-hybridized carbons (Fsp3) is 0.368. The lowest BCUT2D eigenvalue weighted by Crippen LogP contribution is -2.48. The van der Waals surface area contributed by atoms with Gasteiger partial charge in [0.15, 0.2) is 0 Å². The van der Waals surface area contributed by atoms with Crippen LogP contribution in [0.15, 0.2) is 48.5 Å². The highest BCUT2D eigenvalue weighted by molar-refractivity contribution is 5.54. The molecule has 2 unspecified atom stereocenters. The average Bonchev–Trinajstić information content (AvgIpc) is 2.65. The second-order valence-corrected chi connectivity index (χ2v) is 6.54. The fourth-order valence-corrected chi connectivity index (χ4v) is 4.58. The first-order chi connectivity index (χ1) is 9.64. The lowest BCUT2D eigenvalue weighted by Gasteiger charge is -2.47. The van der Waals surface area contributed by atoms with Gasteiger partial charge in [-0.1, -0.05) is 48.5 Å². The molecule has 0 fully saturated rings. The standard InChI is InChI=1S/C19H21N/c1-13(2)20-18-12-14-8-4-6-10-16(14)19(20,3)17-11-7-5-9-15(17)18/h4-11,13,18H,12H2,1-3H3. The van der Waals surface area contributed by atoms with E-state index in [1.807, 2.05) is 0 Å². The molecule has 2 aromatic rings. The van der Waals surface area contributed by atoms with E-state index in [0.717, 1.165) is 6.42 Å². The Bertz CT molecular complexity index is 660. The van der Waals surface area contributed by atoms with E-state index in [2.05, 4.69) is 74.2 Å². The third-order valence-corrected chi connectivity index (χ3v) is 5.21. The number of nitrogens with zero attached hydrogens (tertiary/aromatic N) is 1. The Kier molecular flexibility index (Phi) is 2.41. The molecule has 0 aromatic heterocycles. The molecule has 0 amide bonds. The van der Waals surface area contributed by atoms with Gasteiger partial charge in [-0.3, -0.25) is 4.90 Å². The third-order valence-electron chi connectivity index (χ3n) is 5.21. The van der Waals surface area contributed by atoms with Gasteiger partial charge in [-0.2, -0.15) is 0 Å². The van der Waals surface area contributed by atoms with Crippen LogP contribution in [0.2, 0.25) is 0 Å². The van der Waals surface area contributed by atoms with Crippen LogP contribution < -0.4 is 0 Å². The summed E-state index contributed by atoms with van der Waals surface area (Å²) in [4.78, 5) is 2.71. The Morgan fingerprint density at radius 3 is 2.40 bits per heavy atom. The fourth-order valence-electron chi connectivity index (χ4n) is 4.58. The maximum Gasteiger partial charge on any atom is 0.0700 e. The van der Waals surface area contributed by atoms with Gasteiger partial charge < -0.3 is 0 Å². The lowest BCUT2D eigenvalue weighted by molar-refractivity contribution is 0.0602. The molecular formula is C19H21N. The molecule has 0 spiro atoms. The van der Waals surface area contributed by atoms with Crippen LogP contribution in [0, 0.1) is 0 Å². The van der Waals surface area contributed by atoms with Gasteiger partial charge in [0.25, 0.3) is 0 Å². The van der Waals surface area contributed by atoms with Crippen molar-refractivity contribution in [1.82, 2.24) is 4.90 Å². The molecule has 1 heteroatoms. The van der Waals surface area contributed by atoms with Crippen LogP contribution in [0.4, 0.5) is 0 Å². The highest BCUT2D eigenvalue weighted by Crippen LogP contribution is 2.56. The number of hydrogen-bond donors (Lipinski definition) is 0. The van der Waals surface area contributed by atoms with Crippen molar-refractivity contribution in [3.05, 3.63) is 70.8 Å². The third kappa shape index (κ3) is 1.31. The van der Waals surface area contributed by atoms with Crippen molar-refractivity contribution in [3.63, 3.8) is 0 Å². The zero-order chi connectivity index (χ0) is 13.9. The molecule has 0 saturated heterocycles. The van der Waals surface area contributed by atoms with E-state index in [9.17, 15) is 0 Å². The number of benzene rings is 2. The van der Waals surface area contributed by atoms with Crippen LogP contribution in [0.3, 0.4) is 0 Å². The molecule has 2 aromatic carbocycles. The van der Waals surface area contributed by atoms with E-state index < -0.39 is 0 Å². The molecule has 4 rings (SSSR count). The summed E-state index contributed by atoms with van der Waals surface area (Å²) >= 11 is 0. The van der Waals surface area contributed by atoms with Gasteiger partial charge in [-0.05, 0) is 49.4 Å². The summed E-state index contributed by atoms with van der Waals surface area (Å²) in [5.74, 6) is 0. The smallest absolute Gasteiger partial charge is 0.0700 e. The number of hydrogen-bond acceptors (Lipinski definition) is 1. The number of rotatable bonds is 1. The molecule has 1 nitrogen and oxygen atoms in total. The van der Waals surface area contributed by atoms with Crippen LogP contribution >= 0.6 is 0 Å². The zero-order valence-corrected chi connectivity index (χ0v) is 12.4. The minimum atomic E-state index is 0.0320. The van der Waals surface area contributed by atoms with Crippen LogP contribution in [0.5, 0.6) is 0 Å². The van der Waals surface area contributed by atoms with Crippen LogP contribution in [-0.4, -0.2) is 10.9 Å². The summed E-state index contributed by atoms with van der Waals surface area (Å²) in [6.45, 7) is 7.06. The molecule has 102 valence electrons. The topological polar surface area (TPSA) is 3.24 Å². The first-order valence-corrected chi connectivity index (χ1v) is 7.60. The minimum absolute atomic E-state index is 0.0320. The van der Waals surface area contributed by atoms with Crippen molar-refractivity contribution >= 4 is 0 Å². The quantitative estimate of drug-likeness (QED) is 0.742. The predicted octanol–water partition coefficient (Wildman–Crippen LogP) is 4.27. The Morgan fingerprint density at radius 1 is 1.00 bits per heavy atom. The molecular weight excluding hydrogens is 242 g/mol. The Balaban J connectivity index is 2.05.